The van der Waals surface area contributed by atoms with E-state index in [4.69, 9.17) is 5.11 Å². The first kappa shape index (κ1) is 15.4. The van der Waals surface area contributed by atoms with Crippen molar-refractivity contribution in [3.8, 4) is 0 Å². The number of carbonyl (C=O) groups is 2. The molecule has 0 aliphatic heterocycles. The van der Waals surface area contributed by atoms with Gasteiger partial charge in [-0.1, -0.05) is 25.2 Å². The monoisotopic (exact) mass is 286 g/mol. The summed E-state index contributed by atoms with van der Waals surface area (Å²) in [4.78, 5) is 24.1. The van der Waals surface area contributed by atoms with Gasteiger partial charge in [-0.25, -0.2) is 4.79 Å². The van der Waals surface area contributed by atoms with Crippen molar-refractivity contribution in [1.29, 1.82) is 0 Å². The summed E-state index contributed by atoms with van der Waals surface area (Å²) in [7, 11) is 0. The van der Waals surface area contributed by atoms with Gasteiger partial charge in [-0.2, -0.15) is 0 Å². The Hall–Kier alpha value is -1.70. The molecule has 0 aromatic carbocycles. The largest absolute Gasteiger partial charge is 0.480 e. The second-order valence-corrected chi connectivity index (χ2v) is 5.13. The molecule has 1 rings (SSSR count). The van der Waals surface area contributed by atoms with Gasteiger partial charge in [-0.05, 0) is 19.8 Å². The number of carboxylic acids is 1. The standard InChI is InChI=1S/C11H18N4O3S/c1-4-7(3)15(6-9(16)17)11(18)12-10-14-13-8(5-2)19-10/h7H,4-6H2,1-3H3,(H,16,17)(H,12,14,18). The molecule has 0 aliphatic carbocycles. The lowest BCUT2D eigenvalue weighted by Crippen LogP contribution is -2.44. The summed E-state index contributed by atoms with van der Waals surface area (Å²) in [5.41, 5.74) is 0. The molecule has 0 bridgehead atoms. The van der Waals surface area contributed by atoms with Crippen LogP contribution < -0.4 is 5.32 Å². The number of aromatic nitrogens is 2. The van der Waals surface area contributed by atoms with Gasteiger partial charge in [-0.15, -0.1) is 10.2 Å². The van der Waals surface area contributed by atoms with E-state index in [2.05, 4.69) is 15.5 Å². The number of carbonyl (C=O) groups excluding carboxylic acids is 1. The number of hydrogen-bond donors (Lipinski definition) is 2. The lowest BCUT2D eigenvalue weighted by Gasteiger charge is -2.26. The van der Waals surface area contributed by atoms with E-state index in [1.165, 1.54) is 16.2 Å². The Morgan fingerprint density at radius 2 is 2.11 bits per heavy atom. The van der Waals surface area contributed by atoms with Gasteiger partial charge in [-0.3, -0.25) is 10.1 Å². The molecule has 0 saturated heterocycles. The van der Waals surface area contributed by atoms with Crippen LogP contribution in [0.25, 0.3) is 0 Å². The normalized spacial score (nSPS) is 11.9. The average molecular weight is 286 g/mol. The van der Waals surface area contributed by atoms with E-state index < -0.39 is 12.0 Å². The maximum Gasteiger partial charge on any atom is 0.324 e. The summed E-state index contributed by atoms with van der Waals surface area (Å²) in [5.74, 6) is -1.04. The first-order valence-corrected chi connectivity index (χ1v) is 6.91. The van der Waals surface area contributed by atoms with E-state index in [1.807, 2.05) is 13.8 Å². The van der Waals surface area contributed by atoms with E-state index in [-0.39, 0.29) is 12.6 Å². The van der Waals surface area contributed by atoms with Crippen molar-refractivity contribution >= 4 is 28.5 Å². The molecule has 1 aromatic heterocycles. The van der Waals surface area contributed by atoms with Crippen LogP contribution >= 0.6 is 11.3 Å². The highest BCUT2D eigenvalue weighted by molar-refractivity contribution is 7.15. The van der Waals surface area contributed by atoms with Crippen LogP contribution in [0.1, 0.15) is 32.2 Å². The minimum absolute atomic E-state index is 0.158. The molecule has 1 aromatic rings. The quantitative estimate of drug-likeness (QED) is 0.831. The van der Waals surface area contributed by atoms with Crippen molar-refractivity contribution < 1.29 is 14.7 Å². The van der Waals surface area contributed by atoms with E-state index in [0.29, 0.717) is 11.6 Å². The number of aryl methyl sites for hydroxylation is 1. The Morgan fingerprint density at radius 3 is 2.58 bits per heavy atom. The van der Waals surface area contributed by atoms with Crippen LogP contribution in [-0.4, -0.2) is 44.8 Å². The second-order valence-electron chi connectivity index (χ2n) is 4.06. The molecule has 0 radical (unpaired) electrons. The predicted molar refractivity (Wildman–Crippen MR) is 72.4 cm³/mol. The minimum atomic E-state index is -1.04. The van der Waals surface area contributed by atoms with Gasteiger partial charge in [0.25, 0.3) is 0 Å². The SMILES string of the molecule is CCc1nnc(NC(=O)N(CC(=O)O)C(C)CC)s1. The number of aliphatic carboxylic acids is 1. The molecule has 2 amide bonds. The summed E-state index contributed by atoms with van der Waals surface area (Å²) in [5, 5.41) is 20.4. The zero-order valence-corrected chi connectivity index (χ0v) is 12.0. The third kappa shape index (κ3) is 4.47. The number of hydrogen-bond acceptors (Lipinski definition) is 5. The highest BCUT2D eigenvalue weighted by atomic mass is 32.1. The van der Waals surface area contributed by atoms with Crippen LogP contribution in [0.5, 0.6) is 0 Å². The van der Waals surface area contributed by atoms with Crippen LogP contribution in [0.3, 0.4) is 0 Å². The first-order valence-electron chi connectivity index (χ1n) is 6.09. The van der Waals surface area contributed by atoms with Crippen molar-refractivity contribution in [2.45, 2.75) is 39.7 Å². The zero-order chi connectivity index (χ0) is 14.4. The predicted octanol–water partition coefficient (Wildman–Crippen LogP) is 1.82. The third-order valence-corrected chi connectivity index (χ3v) is 3.66. The Labute approximate surface area is 115 Å². The van der Waals surface area contributed by atoms with E-state index in [0.717, 1.165) is 11.4 Å². The summed E-state index contributed by atoms with van der Waals surface area (Å²) >= 11 is 1.29. The molecule has 1 atom stereocenters. The van der Waals surface area contributed by atoms with E-state index >= 15 is 0 Å². The summed E-state index contributed by atoms with van der Waals surface area (Å²) in [6, 6.07) is -0.620. The number of carboxylic acid groups (broad SMARTS) is 1. The summed E-state index contributed by atoms with van der Waals surface area (Å²) in [6.45, 7) is 5.31. The van der Waals surface area contributed by atoms with Gasteiger partial charge in [0.05, 0.1) is 0 Å². The summed E-state index contributed by atoms with van der Waals surface area (Å²) < 4.78 is 0. The molecule has 2 N–H and O–H groups in total. The van der Waals surface area contributed by atoms with Crippen LogP contribution in [0, 0.1) is 0 Å². The molecule has 8 heteroatoms. The number of anilines is 1. The maximum atomic E-state index is 12.0. The van der Waals surface area contributed by atoms with Gasteiger partial charge in [0.1, 0.15) is 11.6 Å². The number of nitrogens with one attached hydrogen (secondary N) is 1. The fourth-order valence-corrected chi connectivity index (χ4v) is 2.07. The van der Waals surface area contributed by atoms with Gasteiger partial charge in [0, 0.05) is 6.04 Å². The zero-order valence-electron chi connectivity index (χ0n) is 11.2. The average Bonchev–Trinajstić information content (AvgIpc) is 2.82. The van der Waals surface area contributed by atoms with Crippen molar-refractivity contribution in [1.82, 2.24) is 15.1 Å². The number of nitrogens with zero attached hydrogens (tertiary/aromatic N) is 3. The topological polar surface area (TPSA) is 95.4 Å². The molecule has 1 heterocycles. The molecular weight excluding hydrogens is 268 g/mol. The van der Waals surface area contributed by atoms with Gasteiger partial charge in [0.2, 0.25) is 5.13 Å². The molecule has 106 valence electrons. The third-order valence-electron chi connectivity index (χ3n) is 2.67. The first-order chi connectivity index (χ1) is 8.97. The van der Waals surface area contributed by atoms with Crippen LogP contribution in [0.2, 0.25) is 0 Å². The van der Waals surface area contributed by atoms with Crippen molar-refractivity contribution in [2.75, 3.05) is 11.9 Å². The lowest BCUT2D eigenvalue weighted by molar-refractivity contribution is -0.138. The maximum absolute atomic E-state index is 12.0. The van der Waals surface area contributed by atoms with Gasteiger partial charge >= 0.3 is 12.0 Å². The van der Waals surface area contributed by atoms with Crippen LogP contribution in [-0.2, 0) is 11.2 Å². The molecule has 0 fully saturated rings. The Morgan fingerprint density at radius 1 is 1.42 bits per heavy atom. The Bertz CT molecular complexity index is 449. The van der Waals surface area contributed by atoms with Crippen molar-refractivity contribution in [3.63, 3.8) is 0 Å². The smallest absolute Gasteiger partial charge is 0.324 e. The lowest BCUT2D eigenvalue weighted by atomic mass is 10.2. The highest BCUT2D eigenvalue weighted by Crippen LogP contribution is 2.16. The molecule has 19 heavy (non-hydrogen) atoms. The number of urea groups is 1. The highest BCUT2D eigenvalue weighted by Gasteiger charge is 2.22. The second kappa shape index (κ2) is 7.03. The van der Waals surface area contributed by atoms with E-state index in [9.17, 15) is 9.59 Å². The molecule has 0 aliphatic rings. The number of amides is 2. The van der Waals surface area contributed by atoms with Crippen LogP contribution in [0.15, 0.2) is 0 Å². The van der Waals surface area contributed by atoms with Gasteiger partial charge in [0.15, 0.2) is 0 Å². The Balaban J connectivity index is 2.73. The fourth-order valence-electron chi connectivity index (χ4n) is 1.40. The Kier molecular flexibility index (Phi) is 5.68. The van der Waals surface area contributed by atoms with Crippen molar-refractivity contribution in [2.24, 2.45) is 0 Å². The minimum Gasteiger partial charge on any atom is -0.480 e. The van der Waals surface area contributed by atoms with Crippen molar-refractivity contribution in [3.05, 3.63) is 5.01 Å². The van der Waals surface area contributed by atoms with Crippen LogP contribution in [0.4, 0.5) is 9.93 Å². The summed E-state index contributed by atoms with van der Waals surface area (Å²) in [6.07, 6.45) is 1.43. The number of rotatable bonds is 6. The molecular formula is C11H18N4O3S. The molecule has 1 unspecified atom stereocenters. The molecule has 0 spiro atoms. The fraction of sp³-hybridized carbons (Fsp3) is 0.636. The van der Waals surface area contributed by atoms with Gasteiger partial charge < -0.3 is 10.0 Å². The molecule has 7 nitrogen and oxygen atoms in total. The molecule has 0 saturated carbocycles. The van der Waals surface area contributed by atoms with E-state index in [1.54, 1.807) is 6.92 Å².